The molecule has 0 aromatic heterocycles. The summed E-state index contributed by atoms with van der Waals surface area (Å²) >= 11 is 0. The number of halogens is 1. The Balaban J connectivity index is 1.32. The van der Waals surface area contributed by atoms with Crippen molar-refractivity contribution >= 4 is 0 Å². The third-order valence-corrected chi connectivity index (χ3v) is 7.72. The lowest BCUT2D eigenvalue weighted by Gasteiger charge is -2.31. The molecule has 2 saturated carbocycles. The van der Waals surface area contributed by atoms with Crippen LogP contribution in [0.15, 0.2) is 48.3 Å². The number of hydrogen-bond donors (Lipinski definition) is 0. The fraction of sp³-hybridized carbons (Fsp3) is 0.621. The molecule has 1 aromatic rings. The van der Waals surface area contributed by atoms with E-state index >= 15 is 0 Å². The van der Waals surface area contributed by atoms with E-state index in [4.69, 9.17) is 5.26 Å². The minimum Gasteiger partial charge on any atom is -0.195 e. The fourth-order valence-corrected chi connectivity index (χ4v) is 5.60. The number of nitrogens with zero attached hydrogens (tertiary/aromatic N) is 1. The first-order chi connectivity index (χ1) is 15.2. The molecule has 0 spiro atoms. The first-order valence-corrected chi connectivity index (χ1v) is 12.7. The van der Waals surface area contributed by atoms with Gasteiger partial charge in [-0.05, 0) is 105 Å². The van der Waals surface area contributed by atoms with E-state index in [1.54, 1.807) is 11.6 Å². The Labute approximate surface area is 189 Å². The first-order valence-electron chi connectivity index (χ1n) is 12.7. The Bertz CT molecular complexity index is 738. The third kappa shape index (κ3) is 7.95. The van der Waals surface area contributed by atoms with Crippen LogP contribution in [0, 0.1) is 29.1 Å². The zero-order valence-electron chi connectivity index (χ0n) is 19.4. The van der Waals surface area contributed by atoms with Crippen LogP contribution < -0.4 is 0 Å². The standard InChI is InChI=1S/C29H40FN/c1-2-3-5-23-14-18-27(19-15-23)28-20-16-26(17-21-28)13-12-25-10-8-24(9-11-25)6-4-7-29(30)22-31/h4,6-7,14-15,18-19,24-26,28H,2-3,5,8-13,16-17,20-21H2,1H3/b6-4+,29-7-/t24-,25-,26-,28-. The average Bonchev–Trinajstić information content (AvgIpc) is 2.83. The normalized spacial score (nSPS) is 27.3. The number of allylic oxidation sites excluding steroid dienone is 4. The van der Waals surface area contributed by atoms with Crippen molar-refractivity contribution in [1.82, 2.24) is 0 Å². The van der Waals surface area contributed by atoms with Gasteiger partial charge in [0.1, 0.15) is 6.07 Å². The SMILES string of the molecule is CCCCc1ccc([C@H]2CC[C@H](CC[C@H]3CC[C@H](/C=C/C=C(\F)C#N)CC3)CC2)cc1. The molecule has 0 heterocycles. The predicted octanol–water partition coefficient (Wildman–Crippen LogP) is 8.82. The van der Waals surface area contributed by atoms with E-state index < -0.39 is 5.83 Å². The lowest BCUT2D eigenvalue weighted by molar-refractivity contribution is 0.246. The summed E-state index contributed by atoms with van der Waals surface area (Å²) < 4.78 is 12.9. The Hall–Kier alpha value is -1.88. The number of unbranched alkanes of at least 4 members (excludes halogenated alkanes) is 1. The molecular formula is C29H40FN. The quantitative estimate of drug-likeness (QED) is 0.288. The second kappa shape index (κ2) is 12.8. The summed E-state index contributed by atoms with van der Waals surface area (Å²) in [4.78, 5) is 0. The third-order valence-electron chi connectivity index (χ3n) is 7.72. The summed E-state index contributed by atoms with van der Waals surface area (Å²) in [5.41, 5.74) is 3.06. The molecular weight excluding hydrogens is 381 g/mol. The van der Waals surface area contributed by atoms with Crippen molar-refractivity contribution in [2.75, 3.05) is 0 Å². The Morgan fingerprint density at radius 2 is 1.58 bits per heavy atom. The zero-order chi connectivity index (χ0) is 21.9. The summed E-state index contributed by atoms with van der Waals surface area (Å²) in [6.45, 7) is 2.26. The van der Waals surface area contributed by atoms with Crippen molar-refractivity contribution in [3.05, 3.63) is 59.4 Å². The smallest absolute Gasteiger partial charge is 0.195 e. The molecule has 168 valence electrons. The van der Waals surface area contributed by atoms with Gasteiger partial charge in [0.15, 0.2) is 5.83 Å². The molecule has 3 rings (SSSR count). The van der Waals surface area contributed by atoms with E-state index in [-0.39, 0.29) is 0 Å². The Kier molecular flexibility index (Phi) is 9.85. The Morgan fingerprint density at radius 3 is 2.16 bits per heavy atom. The van der Waals surface area contributed by atoms with Gasteiger partial charge >= 0.3 is 0 Å². The highest BCUT2D eigenvalue weighted by atomic mass is 19.1. The second-order valence-electron chi connectivity index (χ2n) is 9.93. The Morgan fingerprint density at radius 1 is 0.968 bits per heavy atom. The van der Waals surface area contributed by atoms with Crippen LogP contribution in [-0.2, 0) is 6.42 Å². The summed E-state index contributed by atoms with van der Waals surface area (Å²) in [5.74, 6) is 2.44. The van der Waals surface area contributed by atoms with Gasteiger partial charge in [-0.15, -0.1) is 0 Å². The molecule has 0 unspecified atom stereocenters. The highest BCUT2D eigenvalue weighted by molar-refractivity contribution is 5.26. The van der Waals surface area contributed by atoms with Crippen molar-refractivity contribution in [3.8, 4) is 6.07 Å². The number of rotatable bonds is 9. The fourth-order valence-electron chi connectivity index (χ4n) is 5.60. The summed E-state index contributed by atoms with van der Waals surface area (Å²) in [6, 6.07) is 11.0. The zero-order valence-corrected chi connectivity index (χ0v) is 19.4. The monoisotopic (exact) mass is 421 g/mol. The van der Waals surface area contributed by atoms with E-state index in [1.807, 2.05) is 0 Å². The molecule has 2 heteroatoms. The highest BCUT2D eigenvalue weighted by Gasteiger charge is 2.24. The number of nitriles is 1. The summed E-state index contributed by atoms with van der Waals surface area (Å²) in [6.07, 6.45) is 22.2. The minimum atomic E-state index is -0.705. The molecule has 2 aliphatic rings. The van der Waals surface area contributed by atoms with Gasteiger partial charge in [0.05, 0.1) is 0 Å². The van der Waals surface area contributed by atoms with Crippen molar-refractivity contribution in [3.63, 3.8) is 0 Å². The van der Waals surface area contributed by atoms with Crippen molar-refractivity contribution in [2.45, 2.75) is 96.3 Å². The van der Waals surface area contributed by atoms with Crippen LogP contribution in [0.2, 0.25) is 0 Å². The molecule has 0 radical (unpaired) electrons. The van der Waals surface area contributed by atoms with Gasteiger partial charge in [0, 0.05) is 0 Å². The lowest BCUT2D eigenvalue weighted by atomic mass is 9.74. The van der Waals surface area contributed by atoms with E-state index in [0.29, 0.717) is 5.92 Å². The van der Waals surface area contributed by atoms with Gasteiger partial charge in [0.25, 0.3) is 0 Å². The van der Waals surface area contributed by atoms with Crippen LogP contribution in [-0.4, -0.2) is 0 Å². The maximum absolute atomic E-state index is 12.9. The molecule has 0 bridgehead atoms. The predicted molar refractivity (Wildman–Crippen MR) is 128 cm³/mol. The van der Waals surface area contributed by atoms with Gasteiger partial charge < -0.3 is 0 Å². The van der Waals surface area contributed by atoms with Crippen LogP contribution in [0.1, 0.15) is 101 Å². The molecule has 0 aliphatic heterocycles. The van der Waals surface area contributed by atoms with E-state index in [9.17, 15) is 4.39 Å². The van der Waals surface area contributed by atoms with E-state index in [1.165, 1.54) is 101 Å². The largest absolute Gasteiger partial charge is 0.199 e. The molecule has 0 amide bonds. The van der Waals surface area contributed by atoms with Crippen LogP contribution in [0.25, 0.3) is 0 Å². The van der Waals surface area contributed by atoms with Crippen molar-refractivity contribution in [1.29, 1.82) is 5.26 Å². The number of benzene rings is 1. The van der Waals surface area contributed by atoms with Gasteiger partial charge in [-0.1, -0.05) is 62.6 Å². The molecule has 1 nitrogen and oxygen atoms in total. The molecule has 2 fully saturated rings. The van der Waals surface area contributed by atoms with Crippen molar-refractivity contribution in [2.24, 2.45) is 17.8 Å². The van der Waals surface area contributed by atoms with Crippen LogP contribution in [0.3, 0.4) is 0 Å². The molecule has 0 N–H and O–H groups in total. The lowest BCUT2D eigenvalue weighted by Crippen LogP contribution is -2.17. The number of hydrogen-bond acceptors (Lipinski definition) is 1. The van der Waals surface area contributed by atoms with E-state index in [2.05, 4.69) is 37.3 Å². The second-order valence-corrected chi connectivity index (χ2v) is 9.93. The highest BCUT2D eigenvalue weighted by Crippen LogP contribution is 2.40. The van der Waals surface area contributed by atoms with Crippen LogP contribution in [0.4, 0.5) is 4.39 Å². The van der Waals surface area contributed by atoms with Crippen molar-refractivity contribution < 1.29 is 4.39 Å². The van der Waals surface area contributed by atoms with Crippen LogP contribution >= 0.6 is 0 Å². The van der Waals surface area contributed by atoms with Gasteiger partial charge in [-0.3, -0.25) is 0 Å². The molecule has 31 heavy (non-hydrogen) atoms. The molecule has 2 aliphatic carbocycles. The van der Waals surface area contributed by atoms with Gasteiger partial charge in [0.2, 0.25) is 0 Å². The van der Waals surface area contributed by atoms with E-state index in [0.717, 1.165) is 17.8 Å². The van der Waals surface area contributed by atoms with Gasteiger partial charge in [-0.2, -0.15) is 9.65 Å². The summed E-state index contributed by atoms with van der Waals surface area (Å²) in [7, 11) is 0. The minimum absolute atomic E-state index is 0.558. The van der Waals surface area contributed by atoms with Crippen LogP contribution in [0.5, 0.6) is 0 Å². The number of aryl methyl sites for hydroxylation is 1. The van der Waals surface area contributed by atoms with Gasteiger partial charge in [-0.25, -0.2) is 0 Å². The molecule has 1 aromatic carbocycles. The summed E-state index contributed by atoms with van der Waals surface area (Å²) in [5, 5.41) is 8.45. The maximum Gasteiger partial charge on any atom is 0.199 e. The maximum atomic E-state index is 12.9. The first kappa shape index (κ1) is 23.8. The average molecular weight is 422 g/mol. The molecule has 0 saturated heterocycles. The molecule has 0 atom stereocenters. The topological polar surface area (TPSA) is 23.8 Å².